The third kappa shape index (κ3) is 4.21. The summed E-state index contributed by atoms with van der Waals surface area (Å²) in [5.74, 6) is 0.689. The number of nitrogens with two attached hydrogens (primary N) is 1. The van der Waals surface area contributed by atoms with Crippen molar-refractivity contribution in [3.8, 4) is 0 Å². The predicted molar refractivity (Wildman–Crippen MR) is 77.5 cm³/mol. The van der Waals surface area contributed by atoms with Gasteiger partial charge in [-0.05, 0) is 36.3 Å². The van der Waals surface area contributed by atoms with Gasteiger partial charge in [0.2, 0.25) is 5.91 Å². The van der Waals surface area contributed by atoms with Crippen molar-refractivity contribution >= 4 is 5.91 Å². The number of hydrogen-bond acceptors (Lipinski definition) is 2. The zero-order chi connectivity index (χ0) is 13.5. The summed E-state index contributed by atoms with van der Waals surface area (Å²) in [4.78, 5) is 12.0. The molecule has 3 heteroatoms. The molecular formula is C16H22N2O. The van der Waals surface area contributed by atoms with Crippen LogP contribution in [0.25, 0.3) is 0 Å². The second-order valence-corrected chi connectivity index (χ2v) is 5.10. The zero-order valence-electron chi connectivity index (χ0n) is 11.3. The van der Waals surface area contributed by atoms with E-state index in [-0.39, 0.29) is 5.91 Å². The van der Waals surface area contributed by atoms with E-state index in [1.165, 1.54) is 6.42 Å². The third-order valence-electron chi connectivity index (χ3n) is 3.65. The summed E-state index contributed by atoms with van der Waals surface area (Å²) in [7, 11) is 0. The highest BCUT2D eigenvalue weighted by atomic mass is 16.1. The molecule has 0 aliphatic heterocycles. The fourth-order valence-corrected chi connectivity index (χ4v) is 2.46. The van der Waals surface area contributed by atoms with Crippen molar-refractivity contribution in [3.63, 3.8) is 0 Å². The second-order valence-electron chi connectivity index (χ2n) is 5.10. The molecule has 0 aromatic heterocycles. The van der Waals surface area contributed by atoms with Crippen molar-refractivity contribution in [2.24, 2.45) is 11.7 Å². The zero-order valence-corrected chi connectivity index (χ0v) is 11.3. The molecule has 3 nitrogen and oxygen atoms in total. The Labute approximate surface area is 114 Å². The molecule has 2 rings (SSSR count). The van der Waals surface area contributed by atoms with Gasteiger partial charge in [-0.25, -0.2) is 0 Å². The quantitative estimate of drug-likeness (QED) is 0.795. The Morgan fingerprint density at radius 2 is 2.05 bits per heavy atom. The highest BCUT2D eigenvalue weighted by Gasteiger charge is 2.12. The SMILES string of the molecule is NCc1ccccc1CC(=O)NCC1CC=CCC1. The summed E-state index contributed by atoms with van der Waals surface area (Å²) < 4.78 is 0. The van der Waals surface area contributed by atoms with Gasteiger partial charge in [0.05, 0.1) is 6.42 Å². The molecule has 1 aliphatic carbocycles. The number of nitrogens with one attached hydrogen (secondary N) is 1. The van der Waals surface area contributed by atoms with Crippen LogP contribution in [-0.2, 0) is 17.8 Å². The Morgan fingerprint density at radius 3 is 2.74 bits per heavy atom. The molecule has 0 bridgehead atoms. The van der Waals surface area contributed by atoms with Crippen molar-refractivity contribution in [1.29, 1.82) is 0 Å². The first-order valence-corrected chi connectivity index (χ1v) is 6.98. The summed E-state index contributed by atoms with van der Waals surface area (Å²) in [6, 6.07) is 7.87. The van der Waals surface area contributed by atoms with Gasteiger partial charge in [0.15, 0.2) is 0 Å². The minimum Gasteiger partial charge on any atom is -0.356 e. The van der Waals surface area contributed by atoms with Crippen LogP contribution in [0, 0.1) is 5.92 Å². The van der Waals surface area contributed by atoms with Gasteiger partial charge in [-0.15, -0.1) is 0 Å². The number of carbonyl (C=O) groups excluding carboxylic acids is 1. The minimum atomic E-state index is 0.0930. The van der Waals surface area contributed by atoms with Gasteiger partial charge >= 0.3 is 0 Å². The summed E-state index contributed by atoms with van der Waals surface area (Å²) in [5, 5.41) is 3.04. The highest BCUT2D eigenvalue weighted by Crippen LogP contribution is 2.17. The molecular weight excluding hydrogens is 236 g/mol. The summed E-state index contributed by atoms with van der Waals surface area (Å²) in [6.45, 7) is 1.27. The maximum atomic E-state index is 12.0. The lowest BCUT2D eigenvalue weighted by Crippen LogP contribution is -2.31. The number of amides is 1. The van der Waals surface area contributed by atoms with E-state index in [0.29, 0.717) is 18.9 Å². The molecule has 1 unspecified atom stereocenters. The van der Waals surface area contributed by atoms with Crippen LogP contribution < -0.4 is 11.1 Å². The third-order valence-corrected chi connectivity index (χ3v) is 3.65. The van der Waals surface area contributed by atoms with E-state index in [2.05, 4.69) is 17.5 Å². The van der Waals surface area contributed by atoms with E-state index in [4.69, 9.17) is 5.73 Å². The van der Waals surface area contributed by atoms with Crippen molar-refractivity contribution in [3.05, 3.63) is 47.5 Å². The number of carbonyl (C=O) groups is 1. The molecule has 19 heavy (non-hydrogen) atoms. The number of hydrogen-bond donors (Lipinski definition) is 2. The van der Waals surface area contributed by atoms with Crippen LogP contribution in [0.1, 0.15) is 30.4 Å². The monoisotopic (exact) mass is 258 g/mol. The van der Waals surface area contributed by atoms with Crippen molar-refractivity contribution in [1.82, 2.24) is 5.32 Å². The van der Waals surface area contributed by atoms with Gasteiger partial charge in [0.25, 0.3) is 0 Å². The Morgan fingerprint density at radius 1 is 1.26 bits per heavy atom. The molecule has 1 aromatic carbocycles. The standard InChI is InChI=1S/C16H22N2O/c17-11-15-9-5-4-8-14(15)10-16(19)18-12-13-6-2-1-3-7-13/h1-2,4-5,8-9,13H,3,6-7,10-12,17H2,(H,18,19). The Balaban J connectivity index is 1.82. The van der Waals surface area contributed by atoms with Gasteiger partial charge in [0.1, 0.15) is 0 Å². The Kier molecular flexibility index (Phi) is 5.16. The average Bonchev–Trinajstić information content (AvgIpc) is 2.47. The predicted octanol–water partition coefficient (Wildman–Crippen LogP) is 2.16. The summed E-state index contributed by atoms with van der Waals surface area (Å²) in [6.07, 6.45) is 8.25. The molecule has 0 saturated carbocycles. The van der Waals surface area contributed by atoms with Crippen LogP contribution in [0.2, 0.25) is 0 Å². The average molecular weight is 258 g/mol. The molecule has 0 fully saturated rings. The lowest BCUT2D eigenvalue weighted by atomic mass is 9.94. The van der Waals surface area contributed by atoms with Gasteiger partial charge in [-0.3, -0.25) is 4.79 Å². The van der Waals surface area contributed by atoms with E-state index in [9.17, 15) is 4.79 Å². The van der Waals surface area contributed by atoms with Crippen molar-refractivity contribution < 1.29 is 4.79 Å². The molecule has 1 amide bonds. The first kappa shape index (κ1) is 13.8. The van der Waals surface area contributed by atoms with Crippen molar-refractivity contribution in [2.75, 3.05) is 6.54 Å². The van der Waals surface area contributed by atoms with Crippen LogP contribution in [0.15, 0.2) is 36.4 Å². The number of allylic oxidation sites excluding steroid dienone is 2. The van der Waals surface area contributed by atoms with Crippen LogP contribution in [-0.4, -0.2) is 12.5 Å². The highest BCUT2D eigenvalue weighted by molar-refractivity contribution is 5.78. The van der Waals surface area contributed by atoms with E-state index in [0.717, 1.165) is 30.5 Å². The van der Waals surface area contributed by atoms with Crippen LogP contribution in [0.4, 0.5) is 0 Å². The summed E-state index contributed by atoms with van der Waals surface area (Å²) in [5.41, 5.74) is 7.77. The van der Waals surface area contributed by atoms with Gasteiger partial charge in [-0.1, -0.05) is 36.4 Å². The number of benzene rings is 1. The lowest BCUT2D eigenvalue weighted by Gasteiger charge is -2.18. The molecule has 1 atom stereocenters. The Bertz CT molecular complexity index is 454. The largest absolute Gasteiger partial charge is 0.356 e. The maximum Gasteiger partial charge on any atom is 0.224 e. The van der Waals surface area contributed by atoms with Crippen LogP contribution in [0.3, 0.4) is 0 Å². The summed E-state index contributed by atoms with van der Waals surface area (Å²) >= 11 is 0. The first-order chi connectivity index (χ1) is 9.29. The molecule has 102 valence electrons. The number of rotatable bonds is 5. The van der Waals surface area contributed by atoms with Gasteiger partial charge in [-0.2, -0.15) is 0 Å². The smallest absolute Gasteiger partial charge is 0.224 e. The molecule has 0 saturated heterocycles. The molecule has 1 aromatic rings. The minimum absolute atomic E-state index is 0.0930. The van der Waals surface area contributed by atoms with Gasteiger partial charge in [0, 0.05) is 13.1 Å². The van der Waals surface area contributed by atoms with E-state index < -0.39 is 0 Å². The molecule has 0 spiro atoms. The Hall–Kier alpha value is -1.61. The van der Waals surface area contributed by atoms with Crippen LogP contribution >= 0.6 is 0 Å². The fraction of sp³-hybridized carbons (Fsp3) is 0.438. The fourth-order valence-electron chi connectivity index (χ4n) is 2.46. The van der Waals surface area contributed by atoms with Crippen molar-refractivity contribution in [2.45, 2.75) is 32.2 Å². The van der Waals surface area contributed by atoms with E-state index >= 15 is 0 Å². The van der Waals surface area contributed by atoms with Gasteiger partial charge < -0.3 is 11.1 Å². The normalized spacial score (nSPS) is 18.3. The molecule has 0 radical (unpaired) electrons. The van der Waals surface area contributed by atoms with Crippen LogP contribution in [0.5, 0.6) is 0 Å². The topological polar surface area (TPSA) is 55.1 Å². The van der Waals surface area contributed by atoms with E-state index in [1.807, 2.05) is 24.3 Å². The molecule has 1 aliphatic rings. The lowest BCUT2D eigenvalue weighted by molar-refractivity contribution is -0.120. The maximum absolute atomic E-state index is 12.0. The van der Waals surface area contributed by atoms with E-state index in [1.54, 1.807) is 0 Å². The molecule has 0 heterocycles. The first-order valence-electron chi connectivity index (χ1n) is 6.98. The second kappa shape index (κ2) is 7.10. The molecule has 3 N–H and O–H groups in total.